The molecule has 0 amide bonds. The minimum absolute atomic E-state index is 0.209. The molecule has 2 aromatic rings. The SMILES string of the molecule is CC(C)(C)C1(Cc2nc3ccccc3s2)CCCN1. The summed E-state index contributed by atoms with van der Waals surface area (Å²) >= 11 is 1.85. The quantitative estimate of drug-likeness (QED) is 0.895. The highest BCUT2D eigenvalue weighted by atomic mass is 32.1. The van der Waals surface area contributed by atoms with Crippen LogP contribution in [-0.4, -0.2) is 17.1 Å². The van der Waals surface area contributed by atoms with Crippen molar-refractivity contribution in [2.75, 3.05) is 6.54 Å². The van der Waals surface area contributed by atoms with Crippen LogP contribution in [0.4, 0.5) is 0 Å². The Hall–Kier alpha value is -0.930. The molecule has 1 aliphatic heterocycles. The molecule has 3 heteroatoms. The molecule has 2 nitrogen and oxygen atoms in total. The molecule has 1 unspecified atom stereocenters. The maximum Gasteiger partial charge on any atom is 0.0957 e. The van der Waals surface area contributed by atoms with E-state index in [4.69, 9.17) is 4.98 Å². The number of rotatable bonds is 2. The van der Waals surface area contributed by atoms with Gasteiger partial charge in [-0.2, -0.15) is 0 Å². The summed E-state index contributed by atoms with van der Waals surface area (Å²) in [5.74, 6) is 0. The normalized spacial score (nSPS) is 24.2. The molecule has 0 bridgehead atoms. The third-order valence-electron chi connectivity index (χ3n) is 4.47. The molecule has 19 heavy (non-hydrogen) atoms. The number of hydrogen-bond donors (Lipinski definition) is 1. The largest absolute Gasteiger partial charge is 0.310 e. The zero-order chi connectivity index (χ0) is 13.5. The van der Waals surface area contributed by atoms with Crippen LogP contribution in [0.2, 0.25) is 0 Å². The average Bonchev–Trinajstić information content (AvgIpc) is 2.94. The average molecular weight is 274 g/mol. The van der Waals surface area contributed by atoms with E-state index in [1.165, 1.54) is 22.5 Å². The summed E-state index contributed by atoms with van der Waals surface area (Å²) in [4.78, 5) is 4.81. The molecule has 0 radical (unpaired) electrons. The van der Waals surface area contributed by atoms with Gasteiger partial charge in [0.2, 0.25) is 0 Å². The van der Waals surface area contributed by atoms with Crippen molar-refractivity contribution in [1.29, 1.82) is 0 Å². The fourth-order valence-corrected chi connectivity index (χ4v) is 4.20. The van der Waals surface area contributed by atoms with Gasteiger partial charge in [-0.25, -0.2) is 4.98 Å². The minimum atomic E-state index is 0.209. The summed E-state index contributed by atoms with van der Waals surface area (Å²) < 4.78 is 1.31. The van der Waals surface area contributed by atoms with Crippen molar-refractivity contribution in [3.05, 3.63) is 29.3 Å². The van der Waals surface area contributed by atoms with Crippen molar-refractivity contribution in [3.8, 4) is 0 Å². The molecule has 0 aliphatic carbocycles. The van der Waals surface area contributed by atoms with Gasteiger partial charge < -0.3 is 5.32 Å². The third kappa shape index (κ3) is 2.30. The van der Waals surface area contributed by atoms with Crippen LogP contribution < -0.4 is 5.32 Å². The highest BCUT2D eigenvalue weighted by molar-refractivity contribution is 7.18. The molecule has 1 aromatic heterocycles. The first kappa shape index (κ1) is 13.1. The molecular formula is C16H22N2S. The number of fused-ring (bicyclic) bond motifs is 1. The standard InChI is InChI=1S/C16H22N2S/c1-15(2,3)16(9-6-10-17-16)11-14-18-12-7-4-5-8-13(12)19-14/h4-5,7-8,17H,6,9-11H2,1-3H3. The number of nitrogens with zero attached hydrogens (tertiary/aromatic N) is 1. The summed E-state index contributed by atoms with van der Waals surface area (Å²) in [6, 6.07) is 8.44. The third-order valence-corrected chi connectivity index (χ3v) is 5.51. The zero-order valence-electron chi connectivity index (χ0n) is 12.0. The number of benzene rings is 1. The van der Waals surface area contributed by atoms with Gasteiger partial charge in [0.05, 0.1) is 15.2 Å². The number of nitrogens with one attached hydrogen (secondary N) is 1. The lowest BCUT2D eigenvalue weighted by molar-refractivity contribution is 0.159. The molecule has 0 spiro atoms. The van der Waals surface area contributed by atoms with Crippen LogP contribution in [0.1, 0.15) is 38.6 Å². The summed E-state index contributed by atoms with van der Waals surface area (Å²) in [6.45, 7) is 8.18. The van der Waals surface area contributed by atoms with E-state index < -0.39 is 0 Å². The van der Waals surface area contributed by atoms with Crippen molar-refractivity contribution in [1.82, 2.24) is 10.3 Å². The van der Waals surface area contributed by atoms with Crippen LogP contribution >= 0.6 is 11.3 Å². The Bertz CT molecular complexity index is 541. The maximum absolute atomic E-state index is 4.81. The molecule has 1 saturated heterocycles. The second kappa shape index (κ2) is 4.57. The molecule has 1 aromatic carbocycles. The lowest BCUT2D eigenvalue weighted by Crippen LogP contribution is -2.52. The van der Waals surface area contributed by atoms with Crippen molar-refractivity contribution in [2.45, 2.75) is 45.6 Å². The van der Waals surface area contributed by atoms with Crippen molar-refractivity contribution >= 4 is 21.6 Å². The predicted octanol–water partition coefficient (Wildman–Crippen LogP) is 4.01. The molecule has 1 atom stereocenters. The van der Waals surface area contributed by atoms with Crippen LogP contribution in [0.3, 0.4) is 0 Å². The molecule has 102 valence electrons. The second-order valence-corrected chi connectivity index (χ2v) is 7.73. The van der Waals surface area contributed by atoms with E-state index in [2.05, 4.69) is 50.4 Å². The molecule has 1 fully saturated rings. The Kier molecular flexibility index (Phi) is 3.14. The first-order valence-corrected chi connectivity index (χ1v) is 7.91. The molecule has 2 heterocycles. The Morgan fingerprint density at radius 1 is 1.32 bits per heavy atom. The van der Waals surface area contributed by atoms with Crippen molar-refractivity contribution in [2.24, 2.45) is 5.41 Å². The Balaban J connectivity index is 1.94. The fourth-order valence-electron chi connectivity index (χ4n) is 3.12. The monoisotopic (exact) mass is 274 g/mol. The Morgan fingerprint density at radius 3 is 2.74 bits per heavy atom. The van der Waals surface area contributed by atoms with Gasteiger partial charge >= 0.3 is 0 Å². The van der Waals surface area contributed by atoms with Gasteiger partial charge in [0.25, 0.3) is 0 Å². The highest BCUT2D eigenvalue weighted by Gasteiger charge is 2.44. The first-order chi connectivity index (χ1) is 9.00. The van der Waals surface area contributed by atoms with Gasteiger partial charge in [-0.1, -0.05) is 32.9 Å². The highest BCUT2D eigenvalue weighted by Crippen LogP contribution is 2.40. The second-order valence-electron chi connectivity index (χ2n) is 6.61. The molecule has 1 N–H and O–H groups in total. The Labute approximate surface area is 119 Å². The van der Waals surface area contributed by atoms with E-state index in [1.807, 2.05) is 11.3 Å². The zero-order valence-corrected chi connectivity index (χ0v) is 12.8. The number of aromatic nitrogens is 1. The van der Waals surface area contributed by atoms with Crippen molar-refractivity contribution in [3.63, 3.8) is 0 Å². The van der Waals surface area contributed by atoms with E-state index in [9.17, 15) is 0 Å². The Morgan fingerprint density at radius 2 is 2.11 bits per heavy atom. The van der Waals surface area contributed by atoms with E-state index >= 15 is 0 Å². The van der Waals surface area contributed by atoms with Crippen LogP contribution in [0, 0.1) is 5.41 Å². The topological polar surface area (TPSA) is 24.9 Å². The van der Waals surface area contributed by atoms with E-state index in [0.717, 1.165) is 18.5 Å². The smallest absolute Gasteiger partial charge is 0.0957 e. The molecular weight excluding hydrogens is 252 g/mol. The van der Waals surface area contributed by atoms with Gasteiger partial charge in [0.15, 0.2) is 0 Å². The van der Waals surface area contributed by atoms with Crippen molar-refractivity contribution < 1.29 is 0 Å². The number of hydrogen-bond acceptors (Lipinski definition) is 3. The van der Waals surface area contributed by atoms with Gasteiger partial charge in [-0.05, 0) is 36.9 Å². The van der Waals surface area contributed by atoms with Crippen LogP contribution in [0.25, 0.3) is 10.2 Å². The summed E-state index contributed by atoms with van der Waals surface area (Å²) in [6.07, 6.45) is 3.59. The van der Waals surface area contributed by atoms with E-state index in [0.29, 0.717) is 0 Å². The molecule has 0 saturated carbocycles. The lowest BCUT2D eigenvalue weighted by atomic mass is 9.71. The predicted molar refractivity (Wildman–Crippen MR) is 82.7 cm³/mol. The lowest BCUT2D eigenvalue weighted by Gasteiger charge is -2.42. The van der Waals surface area contributed by atoms with Crippen LogP contribution in [-0.2, 0) is 6.42 Å². The summed E-state index contributed by atoms with van der Waals surface area (Å²) in [7, 11) is 0. The van der Waals surface area contributed by atoms with Gasteiger partial charge in [0, 0.05) is 12.0 Å². The first-order valence-electron chi connectivity index (χ1n) is 7.10. The maximum atomic E-state index is 4.81. The number of thiazole rings is 1. The van der Waals surface area contributed by atoms with Gasteiger partial charge in [-0.3, -0.25) is 0 Å². The minimum Gasteiger partial charge on any atom is -0.310 e. The summed E-state index contributed by atoms with van der Waals surface area (Å²) in [5.41, 5.74) is 1.62. The van der Waals surface area contributed by atoms with Gasteiger partial charge in [0.1, 0.15) is 0 Å². The fraction of sp³-hybridized carbons (Fsp3) is 0.562. The van der Waals surface area contributed by atoms with E-state index in [1.54, 1.807) is 0 Å². The number of para-hydroxylation sites is 1. The van der Waals surface area contributed by atoms with Crippen LogP contribution in [0.5, 0.6) is 0 Å². The van der Waals surface area contributed by atoms with Gasteiger partial charge in [-0.15, -0.1) is 11.3 Å². The molecule has 3 rings (SSSR count). The summed E-state index contributed by atoms with van der Waals surface area (Å²) in [5, 5.41) is 5.04. The van der Waals surface area contributed by atoms with E-state index in [-0.39, 0.29) is 11.0 Å². The molecule has 1 aliphatic rings. The van der Waals surface area contributed by atoms with Crippen LogP contribution in [0.15, 0.2) is 24.3 Å².